The maximum absolute atomic E-state index is 11.1. The SMILES string of the molecule is O=C(O)c1cccc(Cl)c1-c1ccncc1. The van der Waals surface area contributed by atoms with E-state index in [1.807, 2.05) is 0 Å². The smallest absolute Gasteiger partial charge is 0.336 e. The number of aromatic carboxylic acids is 1. The minimum Gasteiger partial charge on any atom is -0.478 e. The molecule has 1 N–H and O–H groups in total. The number of carbonyl (C=O) groups is 1. The van der Waals surface area contributed by atoms with Gasteiger partial charge in [0.25, 0.3) is 0 Å². The highest BCUT2D eigenvalue weighted by atomic mass is 35.5. The second kappa shape index (κ2) is 4.33. The molecule has 0 aliphatic heterocycles. The van der Waals surface area contributed by atoms with Gasteiger partial charge in [-0.05, 0) is 29.8 Å². The van der Waals surface area contributed by atoms with Gasteiger partial charge in [-0.15, -0.1) is 0 Å². The average Bonchev–Trinajstić information content (AvgIpc) is 2.29. The molecule has 2 aromatic rings. The van der Waals surface area contributed by atoms with Gasteiger partial charge in [-0.25, -0.2) is 4.79 Å². The van der Waals surface area contributed by atoms with Crippen molar-refractivity contribution in [3.8, 4) is 11.1 Å². The predicted octanol–water partition coefficient (Wildman–Crippen LogP) is 3.10. The lowest BCUT2D eigenvalue weighted by atomic mass is 10.0. The van der Waals surface area contributed by atoms with Gasteiger partial charge in [-0.3, -0.25) is 4.98 Å². The zero-order valence-electron chi connectivity index (χ0n) is 8.22. The van der Waals surface area contributed by atoms with Crippen LogP contribution in [0.4, 0.5) is 0 Å². The number of hydrogen-bond donors (Lipinski definition) is 1. The van der Waals surface area contributed by atoms with Gasteiger partial charge in [-0.1, -0.05) is 17.7 Å². The second-order valence-electron chi connectivity index (χ2n) is 3.20. The van der Waals surface area contributed by atoms with E-state index in [4.69, 9.17) is 16.7 Å². The van der Waals surface area contributed by atoms with E-state index < -0.39 is 5.97 Å². The van der Waals surface area contributed by atoms with Crippen LogP contribution < -0.4 is 0 Å². The number of carboxylic acids is 1. The highest BCUT2D eigenvalue weighted by Gasteiger charge is 2.14. The summed E-state index contributed by atoms with van der Waals surface area (Å²) in [5.74, 6) is -0.991. The predicted molar refractivity (Wildman–Crippen MR) is 61.6 cm³/mol. The van der Waals surface area contributed by atoms with Crippen molar-refractivity contribution in [3.63, 3.8) is 0 Å². The highest BCUT2D eigenvalue weighted by Crippen LogP contribution is 2.30. The van der Waals surface area contributed by atoms with Crippen LogP contribution in [0.15, 0.2) is 42.7 Å². The van der Waals surface area contributed by atoms with Crippen molar-refractivity contribution in [2.45, 2.75) is 0 Å². The van der Waals surface area contributed by atoms with E-state index >= 15 is 0 Å². The number of aromatic nitrogens is 1. The van der Waals surface area contributed by atoms with Crippen LogP contribution in [0, 0.1) is 0 Å². The Morgan fingerprint density at radius 1 is 1.19 bits per heavy atom. The number of nitrogens with zero attached hydrogens (tertiary/aromatic N) is 1. The summed E-state index contributed by atoms with van der Waals surface area (Å²) in [4.78, 5) is 15.0. The van der Waals surface area contributed by atoms with Gasteiger partial charge in [-0.2, -0.15) is 0 Å². The first-order valence-electron chi connectivity index (χ1n) is 4.62. The van der Waals surface area contributed by atoms with Crippen molar-refractivity contribution in [1.29, 1.82) is 0 Å². The van der Waals surface area contributed by atoms with E-state index in [1.165, 1.54) is 6.07 Å². The lowest BCUT2D eigenvalue weighted by molar-refractivity contribution is 0.0697. The Morgan fingerprint density at radius 3 is 2.50 bits per heavy atom. The lowest BCUT2D eigenvalue weighted by Gasteiger charge is -2.07. The van der Waals surface area contributed by atoms with E-state index in [9.17, 15) is 4.79 Å². The molecule has 0 unspecified atom stereocenters. The molecule has 4 heteroatoms. The standard InChI is InChI=1S/C12H8ClNO2/c13-10-3-1-2-9(12(15)16)11(10)8-4-6-14-7-5-8/h1-7H,(H,15,16). The third-order valence-electron chi connectivity index (χ3n) is 2.21. The Balaban J connectivity index is 2.68. The van der Waals surface area contributed by atoms with Crippen LogP contribution in [0.5, 0.6) is 0 Å². The molecule has 3 nitrogen and oxygen atoms in total. The quantitative estimate of drug-likeness (QED) is 0.867. The first-order valence-corrected chi connectivity index (χ1v) is 5.00. The van der Waals surface area contributed by atoms with Gasteiger partial charge >= 0.3 is 5.97 Å². The molecule has 1 aromatic carbocycles. The van der Waals surface area contributed by atoms with Crippen molar-refractivity contribution in [2.75, 3.05) is 0 Å². The molecule has 2 rings (SSSR count). The van der Waals surface area contributed by atoms with E-state index in [0.29, 0.717) is 10.6 Å². The Morgan fingerprint density at radius 2 is 1.88 bits per heavy atom. The molecule has 0 saturated carbocycles. The number of hydrogen-bond acceptors (Lipinski definition) is 2. The van der Waals surface area contributed by atoms with Gasteiger partial charge in [0.05, 0.1) is 5.56 Å². The number of pyridine rings is 1. The minimum absolute atomic E-state index is 0.193. The summed E-state index contributed by atoms with van der Waals surface area (Å²) in [7, 11) is 0. The van der Waals surface area contributed by atoms with Crippen LogP contribution in [0.25, 0.3) is 11.1 Å². The molecule has 0 spiro atoms. The summed E-state index contributed by atoms with van der Waals surface area (Å²) in [6.45, 7) is 0. The van der Waals surface area contributed by atoms with Crippen molar-refractivity contribution in [1.82, 2.24) is 4.98 Å². The summed E-state index contributed by atoms with van der Waals surface area (Å²) in [5, 5.41) is 9.50. The maximum atomic E-state index is 11.1. The van der Waals surface area contributed by atoms with E-state index in [2.05, 4.69) is 4.98 Å². The average molecular weight is 234 g/mol. The first kappa shape index (κ1) is 10.6. The zero-order valence-corrected chi connectivity index (χ0v) is 8.98. The van der Waals surface area contributed by atoms with Gasteiger partial charge < -0.3 is 5.11 Å². The molecule has 0 saturated heterocycles. The van der Waals surface area contributed by atoms with Crippen molar-refractivity contribution in [2.24, 2.45) is 0 Å². The molecule has 16 heavy (non-hydrogen) atoms. The molecule has 0 radical (unpaired) electrons. The fraction of sp³-hybridized carbons (Fsp3) is 0. The van der Waals surface area contributed by atoms with Crippen molar-refractivity contribution < 1.29 is 9.90 Å². The van der Waals surface area contributed by atoms with E-state index in [-0.39, 0.29) is 5.56 Å². The molecule has 0 atom stereocenters. The molecule has 1 heterocycles. The molecular weight excluding hydrogens is 226 g/mol. The van der Waals surface area contributed by atoms with Crippen molar-refractivity contribution >= 4 is 17.6 Å². The molecule has 80 valence electrons. The van der Waals surface area contributed by atoms with Crippen LogP contribution in [0.2, 0.25) is 5.02 Å². The van der Waals surface area contributed by atoms with E-state index in [0.717, 1.165) is 5.56 Å². The minimum atomic E-state index is -0.991. The third-order valence-corrected chi connectivity index (χ3v) is 2.53. The molecule has 0 aliphatic rings. The summed E-state index contributed by atoms with van der Waals surface area (Å²) >= 11 is 6.02. The summed E-state index contributed by atoms with van der Waals surface area (Å²) in [6.07, 6.45) is 3.20. The fourth-order valence-electron chi connectivity index (χ4n) is 1.51. The molecule has 0 bridgehead atoms. The number of rotatable bonds is 2. The summed E-state index contributed by atoms with van der Waals surface area (Å²) < 4.78 is 0. The Kier molecular flexibility index (Phi) is 2.88. The maximum Gasteiger partial charge on any atom is 0.336 e. The van der Waals surface area contributed by atoms with Gasteiger partial charge in [0.2, 0.25) is 0 Å². The molecule has 0 fully saturated rings. The Bertz CT molecular complexity index is 526. The van der Waals surface area contributed by atoms with Crippen LogP contribution in [0.3, 0.4) is 0 Å². The van der Waals surface area contributed by atoms with E-state index in [1.54, 1.807) is 36.7 Å². The fourth-order valence-corrected chi connectivity index (χ4v) is 1.80. The lowest BCUT2D eigenvalue weighted by Crippen LogP contribution is -1.99. The monoisotopic (exact) mass is 233 g/mol. The van der Waals surface area contributed by atoms with Crippen LogP contribution in [-0.4, -0.2) is 16.1 Å². The van der Waals surface area contributed by atoms with Crippen LogP contribution in [0.1, 0.15) is 10.4 Å². The second-order valence-corrected chi connectivity index (χ2v) is 3.61. The normalized spacial score (nSPS) is 10.1. The Labute approximate surface area is 97.3 Å². The van der Waals surface area contributed by atoms with Crippen LogP contribution >= 0.6 is 11.6 Å². The Hall–Kier alpha value is -1.87. The first-order chi connectivity index (χ1) is 7.70. The number of carboxylic acid groups (broad SMARTS) is 1. The molecule has 0 amide bonds. The van der Waals surface area contributed by atoms with Crippen LogP contribution in [-0.2, 0) is 0 Å². The molecule has 0 aliphatic carbocycles. The molecular formula is C12H8ClNO2. The largest absolute Gasteiger partial charge is 0.478 e. The van der Waals surface area contributed by atoms with Gasteiger partial charge in [0.15, 0.2) is 0 Å². The van der Waals surface area contributed by atoms with Gasteiger partial charge in [0.1, 0.15) is 0 Å². The third kappa shape index (κ3) is 1.90. The summed E-state index contributed by atoms with van der Waals surface area (Å²) in [6, 6.07) is 8.28. The number of benzene rings is 1. The van der Waals surface area contributed by atoms with Gasteiger partial charge in [0, 0.05) is 23.0 Å². The highest BCUT2D eigenvalue weighted by molar-refractivity contribution is 6.34. The molecule has 1 aromatic heterocycles. The van der Waals surface area contributed by atoms with Crippen molar-refractivity contribution in [3.05, 3.63) is 53.3 Å². The topological polar surface area (TPSA) is 50.2 Å². The number of halogens is 1. The summed E-state index contributed by atoms with van der Waals surface area (Å²) in [5.41, 5.74) is 1.47. The zero-order chi connectivity index (χ0) is 11.5.